The topological polar surface area (TPSA) is 44.5 Å². The molecule has 0 bridgehead atoms. The third-order valence-electron chi connectivity index (χ3n) is 3.38. The van der Waals surface area contributed by atoms with Crippen molar-refractivity contribution < 1.29 is 9.47 Å². The molecule has 0 aromatic heterocycles. The largest absolute Gasteiger partial charge is 0.497 e. The van der Waals surface area contributed by atoms with Crippen LogP contribution in [0.1, 0.15) is 25.0 Å². The lowest BCUT2D eigenvalue weighted by atomic mass is 10.0. The maximum atomic E-state index is 6.26. The average molecular weight is 350 g/mol. The second kappa shape index (κ2) is 7.48. The lowest BCUT2D eigenvalue weighted by Crippen LogP contribution is -2.31. The number of halogens is 1. The smallest absolute Gasteiger partial charge is 0.140 e. The van der Waals surface area contributed by atoms with Gasteiger partial charge in [-0.2, -0.15) is 0 Å². The minimum absolute atomic E-state index is 0.0881. The minimum atomic E-state index is -0.210. The lowest BCUT2D eigenvalue weighted by molar-refractivity contribution is 0.170. The summed E-state index contributed by atoms with van der Waals surface area (Å²) in [5.41, 5.74) is 7.31. The number of rotatable bonds is 6. The molecule has 0 fully saturated rings. The highest BCUT2D eigenvalue weighted by molar-refractivity contribution is 9.10. The highest BCUT2D eigenvalue weighted by Gasteiger charge is 2.22. The number of methoxy groups -OCH3 is 1. The van der Waals surface area contributed by atoms with E-state index in [1.54, 1.807) is 7.11 Å². The van der Waals surface area contributed by atoms with E-state index in [0.717, 1.165) is 28.0 Å². The molecule has 2 aromatic rings. The van der Waals surface area contributed by atoms with Gasteiger partial charge in [-0.3, -0.25) is 0 Å². The Morgan fingerprint density at radius 1 is 1.10 bits per heavy atom. The highest BCUT2D eigenvalue weighted by Crippen LogP contribution is 2.31. The molecule has 2 unspecified atom stereocenters. The molecule has 0 heterocycles. The molecule has 0 amide bonds. The van der Waals surface area contributed by atoms with E-state index < -0.39 is 0 Å². The normalized spacial score (nSPS) is 13.5. The second-order valence-electron chi connectivity index (χ2n) is 4.81. The number of ether oxygens (including phenoxy) is 2. The van der Waals surface area contributed by atoms with Crippen LogP contribution in [0.15, 0.2) is 53.0 Å². The first-order valence-corrected chi connectivity index (χ1v) is 7.75. The Bertz CT molecular complexity index is 589. The van der Waals surface area contributed by atoms with E-state index in [1.807, 2.05) is 48.5 Å². The van der Waals surface area contributed by atoms with Crippen LogP contribution >= 0.6 is 15.9 Å². The third kappa shape index (κ3) is 3.99. The van der Waals surface area contributed by atoms with Crippen LogP contribution in [0.3, 0.4) is 0 Å². The van der Waals surface area contributed by atoms with E-state index in [0.29, 0.717) is 0 Å². The summed E-state index contributed by atoms with van der Waals surface area (Å²) in [6.07, 6.45) is 0.619. The summed E-state index contributed by atoms with van der Waals surface area (Å²) >= 11 is 3.58. The van der Waals surface area contributed by atoms with Crippen molar-refractivity contribution in [1.82, 2.24) is 0 Å². The van der Waals surface area contributed by atoms with E-state index in [4.69, 9.17) is 15.2 Å². The van der Waals surface area contributed by atoms with E-state index in [9.17, 15) is 0 Å². The second-order valence-corrected chi connectivity index (χ2v) is 5.67. The molecule has 2 N–H and O–H groups in total. The molecule has 0 aliphatic heterocycles. The van der Waals surface area contributed by atoms with Crippen molar-refractivity contribution in [1.29, 1.82) is 0 Å². The van der Waals surface area contributed by atoms with Crippen molar-refractivity contribution >= 4 is 15.9 Å². The van der Waals surface area contributed by atoms with Crippen molar-refractivity contribution in [3.63, 3.8) is 0 Å². The summed E-state index contributed by atoms with van der Waals surface area (Å²) < 4.78 is 12.4. The number of nitrogens with two attached hydrogens (primary N) is 1. The van der Waals surface area contributed by atoms with Gasteiger partial charge in [0.2, 0.25) is 0 Å². The van der Waals surface area contributed by atoms with E-state index in [-0.39, 0.29) is 12.1 Å². The molecule has 2 rings (SSSR count). The van der Waals surface area contributed by atoms with Crippen molar-refractivity contribution in [3.05, 3.63) is 58.6 Å². The van der Waals surface area contributed by atoms with Gasteiger partial charge < -0.3 is 15.2 Å². The minimum Gasteiger partial charge on any atom is -0.497 e. The fourth-order valence-corrected chi connectivity index (χ4v) is 2.63. The van der Waals surface area contributed by atoms with Gasteiger partial charge in [0.1, 0.15) is 17.6 Å². The quantitative estimate of drug-likeness (QED) is 0.844. The number of benzene rings is 2. The fourth-order valence-electron chi connectivity index (χ4n) is 2.12. The molecule has 0 saturated heterocycles. The van der Waals surface area contributed by atoms with Gasteiger partial charge in [-0.1, -0.05) is 47.1 Å². The van der Waals surface area contributed by atoms with Crippen LogP contribution in [0.25, 0.3) is 0 Å². The van der Waals surface area contributed by atoms with Gasteiger partial charge in [-0.15, -0.1) is 0 Å². The van der Waals surface area contributed by atoms with Crippen LogP contribution in [-0.4, -0.2) is 13.2 Å². The molecular formula is C17H20BrNO2. The van der Waals surface area contributed by atoms with Gasteiger partial charge >= 0.3 is 0 Å². The molecule has 0 radical (unpaired) electrons. The van der Waals surface area contributed by atoms with E-state index in [1.165, 1.54) is 0 Å². The van der Waals surface area contributed by atoms with Gasteiger partial charge in [0, 0.05) is 22.1 Å². The third-order valence-corrected chi connectivity index (χ3v) is 4.10. The summed E-state index contributed by atoms with van der Waals surface area (Å²) in [6, 6.07) is 15.5. The molecule has 4 heteroatoms. The standard InChI is InChI=1S/C17H20BrNO2/c1-3-16(19)17(14-9-4-5-10-15(14)18)21-13-8-6-7-12(11-13)20-2/h4-11,16-17H,3,19H2,1-2H3. The molecule has 0 spiro atoms. The van der Waals surface area contributed by atoms with Crippen LogP contribution in [0.4, 0.5) is 0 Å². The summed E-state index contributed by atoms with van der Waals surface area (Å²) in [6.45, 7) is 2.06. The maximum absolute atomic E-state index is 6.26. The predicted octanol–water partition coefficient (Wildman–Crippen LogP) is 4.32. The molecule has 112 valence electrons. The van der Waals surface area contributed by atoms with Crippen molar-refractivity contribution in [2.75, 3.05) is 7.11 Å². The Morgan fingerprint density at radius 3 is 2.48 bits per heavy atom. The predicted molar refractivity (Wildman–Crippen MR) is 88.8 cm³/mol. The Morgan fingerprint density at radius 2 is 1.81 bits per heavy atom. The van der Waals surface area contributed by atoms with E-state index in [2.05, 4.69) is 22.9 Å². The molecular weight excluding hydrogens is 330 g/mol. The van der Waals surface area contributed by atoms with Crippen LogP contribution in [0.5, 0.6) is 11.5 Å². The van der Waals surface area contributed by atoms with Gasteiger partial charge in [0.25, 0.3) is 0 Å². The molecule has 2 aromatic carbocycles. The molecule has 21 heavy (non-hydrogen) atoms. The fraction of sp³-hybridized carbons (Fsp3) is 0.294. The van der Waals surface area contributed by atoms with Crippen LogP contribution in [-0.2, 0) is 0 Å². The monoisotopic (exact) mass is 349 g/mol. The first kappa shape index (κ1) is 15.9. The summed E-state index contributed by atoms with van der Waals surface area (Å²) in [5, 5.41) is 0. The highest BCUT2D eigenvalue weighted by atomic mass is 79.9. The van der Waals surface area contributed by atoms with Crippen LogP contribution in [0, 0.1) is 0 Å². The molecule has 0 saturated carbocycles. The maximum Gasteiger partial charge on any atom is 0.140 e. The SMILES string of the molecule is CCC(N)C(Oc1cccc(OC)c1)c1ccccc1Br. The Balaban J connectivity index is 2.31. The zero-order chi connectivity index (χ0) is 15.2. The van der Waals surface area contributed by atoms with Crippen molar-refractivity contribution in [2.24, 2.45) is 5.73 Å². The van der Waals surface area contributed by atoms with Crippen molar-refractivity contribution in [2.45, 2.75) is 25.5 Å². The average Bonchev–Trinajstić information content (AvgIpc) is 2.53. The molecule has 2 atom stereocenters. The first-order chi connectivity index (χ1) is 10.2. The summed E-state index contributed by atoms with van der Waals surface area (Å²) in [7, 11) is 1.64. The van der Waals surface area contributed by atoms with Gasteiger partial charge in [-0.25, -0.2) is 0 Å². The van der Waals surface area contributed by atoms with Gasteiger partial charge in [-0.05, 0) is 24.6 Å². The molecule has 0 aliphatic carbocycles. The van der Waals surface area contributed by atoms with Gasteiger partial charge in [0.15, 0.2) is 0 Å². The van der Waals surface area contributed by atoms with Crippen LogP contribution in [0.2, 0.25) is 0 Å². The summed E-state index contributed by atoms with van der Waals surface area (Å²) in [5.74, 6) is 1.52. The molecule has 3 nitrogen and oxygen atoms in total. The van der Waals surface area contributed by atoms with Gasteiger partial charge in [0.05, 0.1) is 7.11 Å². The first-order valence-electron chi connectivity index (χ1n) is 6.96. The zero-order valence-electron chi connectivity index (χ0n) is 12.3. The van der Waals surface area contributed by atoms with E-state index >= 15 is 0 Å². The van der Waals surface area contributed by atoms with Crippen molar-refractivity contribution in [3.8, 4) is 11.5 Å². The summed E-state index contributed by atoms with van der Waals surface area (Å²) in [4.78, 5) is 0. The molecule has 0 aliphatic rings. The lowest BCUT2D eigenvalue weighted by Gasteiger charge is -2.25. The zero-order valence-corrected chi connectivity index (χ0v) is 13.8. The van der Waals surface area contributed by atoms with Crippen LogP contribution < -0.4 is 15.2 Å². The Kier molecular flexibility index (Phi) is 5.65. The number of hydrogen-bond acceptors (Lipinski definition) is 3. The number of hydrogen-bond donors (Lipinski definition) is 1. The Labute approximate surface area is 134 Å². The Hall–Kier alpha value is -1.52.